The first-order valence-corrected chi connectivity index (χ1v) is 6.33. The molecule has 0 spiro atoms. The fourth-order valence-corrected chi connectivity index (χ4v) is 2.50. The number of aliphatic hydroxyl groups excluding tert-OH is 1. The number of aliphatic hydroxyl groups is 1. The molecule has 1 saturated heterocycles. The topological polar surface area (TPSA) is 35.5 Å². The predicted molar refractivity (Wildman–Crippen MR) is 69.9 cm³/mol. The second-order valence-electron chi connectivity index (χ2n) is 5.02. The molecule has 94 valence electrons. The first kappa shape index (κ1) is 12.6. The second-order valence-corrected chi connectivity index (χ2v) is 5.02. The Morgan fingerprint density at radius 2 is 2.06 bits per heavy atom. The molecule has 2 N–H and O–H groups in total. The zero-order chi connectivity index (χ0) is 12.3. The van der Waals surface area contributed by atoms with E-state index in [9.17, 15) is 5.11 Å². The third-order valence-corrected chi connectivity index (χ3v) is 3.64. The second kappa shape index (κ2) is 5.63. The molecule has 0 saturated carbocycles. The van der Waals surface area contributed by atoms with Crippen molar-refractivity contribution in [2.24, 2.45) is 5.92 Å². The van der Waals surface area contributed by atoms with Crippen molar-refractivity contribution in [3.63, 3.8) is 0 Å². The van der Waals surface area contributed by atoms with Gasteiger partial charge in [0.1, 0.15) is 0 Å². The maximum Gasteiger partial charge on any atom is 0.0704 e. The number of nitrogens with zero attached hydrogens (tertiary/aromatic N) is 1. The Kier molecular flexibility index (Phi) is 4.15. The van der Waals surface area contributed by atoms with Crippen molar-refractivity contribution in [1.29, 1.82) is 0 Å². The van der Waals surface area contributed by atoms with Crippen molar-refractivity contribution in [3.8, 4) is 0 Å². The SMILES string of the molecule is CN[C@H](CN1C[C@@H](C)[C@H](O)C1)c1ccccc1. The zero-order valence-electron chi connectivity index (χ0n) is 10.6. The number of likely N-dealkylation sites (N-methyl/N-ethyl adjacent to an activating group) is 1. The van der Waals surface area contributed by atoms with E-state index in [4.69, 9.17) is 0 Å². The Labute approximate surface area is 103 Å². The first-order valence-electron chi connectivity index (χ1n) is 6.33. The summed E-state index contributed by atoms with van der Waals surface area (Å²) in [5.74, 6) is 0.392. The maximum absolute atomic E-state index is 9.76. The number of nitrogens with one attached hydrogen (secondary N) is 1. The third kappa shape index (κ3) is 3.06. The van der Waals surface area contributed by atoms with Crippen molar-refractivity contribution in [1.82, 2.24) is 10.2 Å². The number of hydrogen-bond donors (Lipinski definition) is 2. The predicted octanol–water partition coefficient (Wildman–Crippen LogP) is 1.26. The number of rotatable bonds is 4. The molecule has 0 radical (unpaired) electrons. The van der Waals surface area contributed by atoms with Crippen molar-refractivity contribution >= 4 is 0 Å². The monoisotopic (exact) mass is 234 g/mol. The van der Waals surface area contributed by atoms with E-state index < -0.39 is 0 Å². The average Bonchev–Trinajstić information content (AvgIpc) is 2.67. The molecule has 17 heavy (non-hydrogen) atoms. The molecular formula is C14H22N2O. The van der Waals surface area contributed by atoms with Crippen LogP contribution in [0.1, 0.15) is 18.5 Å². The van der Waals surface area contributed by atoms with Crippen molar-refractivity contribution in [2.75, 3.05) is 26.7 Å². The lowest BCUT2D eigenvalue weighted by Crippen LogP contribution is -2.33. The first-order chi connectivity index (χ1) is 8.20. The van der Waals surface area contributed by atoms with Crippen LogP contribution in [0.5, 0.6) is 0 Å². The Morgan fingerprint density at radius 3 is 2.59 bits per heavy atom. The van der Waals surface area contributed by atoms with E-state index in [1.54, 1.807) is 0 Å². The minimum atomic E-state index is -0.164. The number of β-amino-alcohol motifs (C(OH)–C–C–N with tert-alkyl or cyclic N) is 1. The summed E-state index contributed by atoms with van der Waals surface area (Å²) in [6.07, 6.45) is -0.164. The van der Waals surface area contributed by atoms with Gasteiger partial charge in [-0.15, -0.1) is 0 Å². The molecule has 0 unspecified atom stereocenters. The molecule has 1 aromatic rings. The quantitative estimate of drug-likeness (QED) is 0.823. The summed E-state index contributed by atoms with van der Waals surface area (Å²) < 4.78 is 0. The van der Waals surface area contributed by atoms with E-state index in [0.29, 0.717) is 12.0 Å². The molecule has 0 aromatic heterocycles. The molecule has 1 fully saturated rings. The van der Waals surface area contributed by atoms with Crippen molar-refractivity contribution in [3.05, 3.63) is 35.9 Å². The summed E-state index contributed by atoms with van der Waals surface area (Å²) in [5.41, 5.74) is 1.31. The van der Waals surface area contributed by atoms with Crippen molar-refractivity contribution in [2.45, 2.75) is 19.1 Å². The Balaban J connectivity index is 1.97. The summed E-state index contributed by atoms with van der Waals surface area (Å²) in [4.78, 5) is 2.34. The number of hydrogen-bond acceptors (Lipinski definition) is 3. The Bertz CT molecular complexity index is 331. The van der Waals surface area contributed by atoms with Gasteiger partial charge in [-0.2, -0.15) is 0 Å². The third-order valence-electron chi connectivity index (χ3n) is 3.64. The van der Waals surface area contributed by atoms with Gasteiger partial charge in [-0.3, -0.25) is 4.90 Å². The summed E-state index contributed by atoms with van der Waals surface area (Å²) in [6, 6.07) is 10.8. The molecule has 0 bridgehead atoms. The van der Waals surface area contributed by atoms with Gasteiger partial charge in [0.2, 0.25) is 0 Å². The van der Waals surface area contributed by atoms with Gasteiger partial charge < -0.3 is 10.4 Å². The van der Waals surface area contributed by atoms with Crippen molar-refractivity contribution < 1.29 is 5.11 Å². The molecule has 1 aromatic carbocycles. The van der Waals surface area contributed by atoms with Crippen LogP contribution < -0.4 is 5.32 Å². The Morgan fingerprint density at radius 1 is 1.35 bits per heavy atom. The molecule has 0 amide bonds. The van der Waals surface area contributed by atoms with Crippen LogP contribution >= 0.6 is 0 Å². The summed E-state index contributed by atoms with van der Waals surface area (Å²) >= 11 is 0. The molecule has 1 aliphatic heterocycles. The highest BCUT2D eigenvalue weighted by Crippen LogP contribution is 2.20. The lowest BCUT2D eigenvalue weighted by molar-refractivity contribution is 0.147. The van der Waals surface area contributed by atoms with E-state index in [2.05, 4.69) is 41.4 Å². The maximum atomic E-state index is 9.76. The van der Waals surface area contributed by atoms with Crippen LogP contribution in [0.3, 0.4) is 0 Å². The largest absolute Gasteiger partial charge is 0.391 e. The van der Waals surface area contributed by atoms with Gasteiger partial charge in [-0.1, -0.05) is 37.3 Å². The molecular weight excluding hydrogens is 212 g/mol. The van der Waals surface area contributed by atoms with E-state index >= 15 is 0 Å². The molecule has 1 heterocycles. The minimum absolute atomic E-state index is 0.164. The van der Waals surface area contributed by atoms with Crippen LogP contribution in [0.15, 0.2) is 30.3 Å². The summed E-state index contributed by atoms with van der Waals surface area (Å²) in [6.45, 7) is 4.86. The van der Waals surface area contributed by atoms with E-state index in [0.717, 1.165) is 19.6 Å². The van der Waals surface area contributed by atoms with Gasteiger partial charge in [0.15, 0.2) is 0 Å². The standard InChI is InChI=1S/C14H22N2O/c1-11-8-16(10-14(11)17)9-13(15-2)12-6-4-3-5-7-12/h3-7,11,13-15,17H,8-10H2,1-2H3/t11-,13-,14-/m1/s1. The highest BCUT2D eigenvalue weighted by molar-refractivity contribution is 5.19. The normalized spacial score (nSPS) is 27.2. The molecule has 3 atom stereocenters. The van der Waals surface area contributed by atoms with Crippen LogP contribution in [0.4, 0.5) is 0 Å². The van der Waals surface area contributed by atoms with Crippen LogP contribution in [-0.2, 0) is 0 Å². The van der Waals surface area contributed by atoms with Crippen LogP contribution in [0, 0.1) is 5.92 Å². The molecule has 1 aliphatic rings. The van der Waals surface area contributed by atoms with Gasteiger partial charge >= 0.3 is 0 Å². The number of benzene rings is 1. The number of likely N-dealkylation sites (tertiary alicyclic amines) is 1. The Hall–Kier alpha value is -0.900. The van der Waals surface area contributed by atoms with Gasteiger partial charge in [-0.25, -0.2) is 0 Å². The van der Waals surface area contributed by atoms with Gasteiger partial charge in [0.05, 0.1) is 6.10 Å². The smallest absolute Gasteiger partial charge is 0.0704 e. The highest BCUT2D eigenvalue weighted by atomic mass is 16.3. The van der Waals surface area contributed by atoms with E-state index in [-0.39, 0.29) is 6.10 Å². The fraction of sp³-hybridized carbons (Fsp3) is 0.571. The van der Waals surface area contributed by atoms with Gasteiger partial charge in [0, 0.05) is 25.7 Å². The summed E-state index contributed by atoms with van der Waals surface area (Å²) in [5, 5.41) is 13.1. The molecule has 3 nitrogen and oxygen atoms in total. The minimum Gasteiger partial charge on any atom is -0.391 e. The zero-order valence-corrected chi connectivity index (χ0v) is 10.6. The average molecular weight is 234 g/mol. The van der Waals surface area contributed by atoms with Gasteiger partial charge in [0.25, 0.3) is 0 Å². The fourth-order valence-electron chi connectivity index (χ4n) is 2.50. The lowest BCUT2D eigenvalue weighted by atomic mass is 10.1. The van der Waals surface area contributed by atoms with Crippen LogP contribution in [0.25, 0.3) is 0 Å². The van der Waals surface area contributed by atoms with Gasteiger partial charge in [-0.05, 0) is 18.5 Å². The van der Waals surface area contributed by atoms with E-state index in [1.807, 2.05) is 13.1 Å². The highest BCUT2D eigenvalue weighted by Gasteiger charge is 2.29. The molecule has 2 rings (SSSR count). The van der Waals surface area contributed by atoms with E-state index in [1.165, 1.54) is 5.56 Å². The molecule has 3 heteroatoms. The lowest BCUT2D eigenvalue weighted by Gasteiger charge is -2.23. The molecule has 0 aliphatic carbocycles. The van der Waals surface area contributed by atoms with Crippen LogP contribution in [0.2, 0.25) is 0 Å². The van der Waals surface area contributed by atoms with Crippen LogP contribution in [-0.4, -0.2) is 42.8 Å². The summed E-state index contributed by atoms with van der Waals surface area (Å²) in [7, 11) is 1.99.